The Bertz CT molecular complexity index is 1160. The fourth-order valence-electron chi connectivity index (χ4n) is 3.93. The summed E-state index contributed by atoms with van der Waals surface area (Å²) in [6.45, 7) is 6.19. The van der Waals surface area contributed by atoms with Crippen LogP contribution in [0.3, 0.4) is 0 Å². The Morgan fingerprint density at radius 3 is 2.19 bits per heavy atom. The van der Waals surface area contributed by atoms with Gasteiger partial charge in [0.05, 0.1) is 33.0 Å². The molecule has 0 radical (unpaired) electrons. The van der Waals surface area contributed by atoms with Crippen LogP contribution in [0.1, 0.15) is 57.6 Å². The number of carbonyl (C=O) groups excluding carboxylic acids is 2. The van der Waals surface area contributed by atoms with E-state index in [1.807, 2.05) is 0 Å². The molecule has 0 unspecified atom stereocenters. The number of carbonyl (C=O) groups is 2. The van der Waals surface area contributed by atoms with E-state index in [0.717, 1.165) is 19.1 Å². The van der Waals surface area contributed by atoms with Gasteiger partial charge in [-0.3, -0.25) is 9.59 Å². The van der Waals surface area contributed by atoms with Gasteiger partial charge >= 0.3 is 12.1 Å². The Hall–Kier alpha value is -2.32. The van der Waals surface area contributed by atoms with Crippen molar-refractivity contribution in [3.8, 4) is 0 Å². The van der Waals surface area contributed by atoms with Crippen LogP contribution in [0.15, 0.2) is 36.4 Å². The van der Waals surface area contributed by atoms with Crippen LogP contribution >= 0.6 is 23.2 Å². The van der Waals surface area contributed by atoms with E-state index in [9.17, 15) is 27.2 Å². The van der Waals surface area contributed by atoms with Crippen molar-refractivity contribution in [2.24, 2.45) is 11.3 Å². The fraction of sp³-hybridized carbons (Fsp3) is 0.462. The van der Waals surface area contributed by atoms with Crippen molar-refractivity contribution < 1.29 is 31.9 Å². The van der Waals surface area contributed by atoms with Gasteiger partial charge in [-0.1, -0.05) is 42.3 Å². The molecule has 0 bridgehead atoms. The molecule has 0 aliphatic heterocycles. The number of nitrogens with one attached hydrogen (secondary N) is 1. The Labute approximate surface area is 217 Å². The van der Waals surface area contributed by atoms with Gasteiger partial charge in [-0.25, -0.2) is 4.39 Å². The highest BCUT2D eigenvalue weighted by atomic mass is 35.5. The van der Waals surface area contributed by atoms with Crippen LogP contribution in [0.25, 0.3) is 0 Å². The van der Waals surface area contributed by atoms with Crippen LogP contribution in [0.5, 0.6) is 0 Å². The summed E-state index contributed by atoms with van der Waals surface area (Å²) in [7, 11) is 0. The van der Waals surface area contributed by atoms with Gasteiger partial charge < -0.3 is 10.1 Å². The summed E-state index contributed by atoms with van der Waals surface area (Å²) < 4.78 is 60.4. The van der Waals surface area contributed by atoms with E-state index in [2.05, 4.69) is 5.32 Å². The van der Waals surface area contributed by atoms with Gasteiger partial charge in [0.25, 0.3) is 0 Å². The first-order valence-corrected chi connectivity index (χ1v) is 12.1. The second kappa shape index (κ2) is 10.2. The Balaban J connectivity index is 1.87. The van der Waals surface area contributed by atoms with Crippen LogP contribution in [-0.2, 0) is 20.7 Å². The molecule has 0 spiro atoms. The highest BCUT2D eigenvalue weighted by Crippen LogP contribution is 2.50. The summed E-state index contributed by atoms with van der Waals surface area (Å²) in [6, 6.07) is 7.84. The summed E-state index contributed by atoms with van der Waals surface area (Å²) >= 11 is 11.9. The summed E-state index contributed by atoms with van der Waals surface area (Å²) in [5, 5.41) is 2.30. The zero-order valence-corrected chi connectivity index (χ0v) is 21.7. The quantitative estimate of drug-likeness (QED) is 0.285. The van der Waals surface area contributed by atoms with Crippen molar-refractivity contribution in [2.75, 3.05) is 5.32 Å². The van der Waals surface area contributed by atoms with Crippen LogP contribution < -0.4 is 5.32 Å². The highest BCUT2D eigenvalue weighted by molar-refractivity contribution is 6.33. The average Bonchev–Trinajstić information content (AvgIpc) is 3.52. The predicted molar refractivity (Wildman–Crippen MR) is 131 cm³/mol. The van der Waals surface area contributed by atoms with Crippen LogP contribution in [-0.4, -0.2) is 23.7 Å². The molecule has 1 N–H and O–H groups in total. The number of benzene rings is 2. The van der Waals surface area contributed by atoms with Gasteiger partial charge in [0, 0.05) is 0 Å². The number of hydrogen-bond acceptors (Lipinski definition) is 3. The molecule has 0 saturated heterocycles. The van der Waals surface area contributed by atoms with E-state index in [1.54, 1.807) is 26.8 Å². The lowest BCUT2D eigenvalue weighted by Gasteiger charge is -2.26. The SMILES string of the molecule is C[C@H]([C@H](C(=O)Nc1cc(CC2(C(=O)OC(C)(C)C)CC2)ccc1Cl)c1ccc(Cl)c(F)c1)C(F)(F)F. The zero-order chi connectivity index (χ0) is 27.1. The minimum atomic E-state index is -4.73. The fourth-order valence-corrected chi connectivity index (χ4v) is 4.21. The van der Waals surface area contributed by atoms with Crippen LogP contribution in [0.4, 0.5) is 23.2 Å². The molecular weight excluding hydrogens is 521 g/mol. The van der Waals surface area contributed by atoms with Gasteiger partial charge in [0.1, 0.15) is 11.4 Å². The van der Waals surface area contributed by atoms with E-state index in [-0.39, 0.29) is 27.3 Å². The number of ether oxygens (including phenoxy) is 1. The molecular formula is C26H27Cl2F4NO3. The number of hydrogen-bond donors (Lipinski definition) is 1. The van der Waals surface area contributed by atoms with Crippen LogP contribution in [0.2, 0.25) is 10.0 Å². The zero-order valence-electron chi connectivity index (χ0n) is 20.2. The number of rotatable bonds is 7. The maximum Gasteiger partial charge on any atom is 0.392 e. The van der Waals surface area contributed by atoms with E-state index in [4.69, 9.17) is 27.9 Å². The van der Waals surface area contributed by atoms with Crippen molar-refractivity contribution in [1.29, 1.82) is 0 Å². The van der Waals surface area contributed by atoms with Gasteiger partial charge in [0.2, 0.25) is 5.91 Å². The largest absolute Gasteiger partial charge is 0.460 e. The van der Waals surface area contributed by atoms with E-state index < -0.39 is 40.8 Å². The van der Waals surface area contributed by atoms with E-state index in [1.165, 1.54) is 18.2 Å². The summed E-state index contributed by atoms with van der Waals surface area (Å²) in [4.78, 5) is 25.8. The third-order valence-corrected chi connectivity index (χ3v) is 6.75. The number of esters is 1. The van der Waals surface area contributed by atoms with Crippen LogP contribution in [0, 0.1) is 17.2 Å². The Morgan fingerprint density at radius 2 is 1.67 bits per heavy atom. The minimum absolute atomic E-state index is 0.0907. The Kier molecular flexibility index (Phi) is 8.01. The molecule has 2 atom stereocenters. The van der Waals surface area contributed by atoms with Crippen molar-refractivity contribution >= 4 is 40.8 Å². The number of amides is 1. The molecule has 10 heteroatoms. The summed E-state index contributed by atoms with van der Waals surface area (Å²) in [6.07, 6.45) is -3.12. The van der Waals surface area contributed by atoms with Crippen molar-refractivity contribution in [1.82, 2.24) is 0 Å². The number of alkyl halides is 3. The molecule has 36 heavy (non-hydrogen) atoms. The average molecular weight is 548 g/mol. The van der Waals surface area contributed by atoms with Gasteiger partial charge in [0.15, 0.2) is 0 Å². The molecule has 0 aromatic heterocycles. The maximum absolute atomic E-state index is 14.0. The molecule has 3 rings (SSSR count). The lowest BCUT2D eigenvalue weighted by Crippen LogP contribution is -2.34. The maximum atomic E-state index is 14.0. The van der Waals surface area contributed by atoms with Gasteiger partial charge in [-0.2, -0.15) is 13.2 Å². The first-order chi connectivity index (χ1) is 16.5. The molecule has 1 saturated carbocycles. The van der Waals surface area contributed by atoms with Crippen molar-refractivity contribution in [3.05, 3.63) is 63.4 Å². The molecule has 1 aliphatic carbocycles. The third-order valence-electron chi connectivity index (χ3n) is 6.12. The van der Waals surface area contributed by atoms with Crippen molar-refractivity contribution in [3.63, 3.8) is 0 Å². The molecule has 1 aliphatic rings. The molecule has 4 nitrogen and oxygen atoms in total. The van der Waals surface area contributed by atoms with E-state index >= 15 is 0 Å². The van der Waals surface area contributed by atoms with Crippen molar-refractivity contribution in [2.45, 2.75) is 64.7 Å². The summed E-state index contributed by atoms with van der Waals surface area (Å²) in [5.41, 5.74) is -0.745. The molecule has 0 heterocycles. The first-order valence-electron chi connectivity index (χ1n) is 11.4. The number of halogens is 6. The smallest absolute Gasteiger partial charge is 0.392 e. The second-order valence-corrected chi connectivity index (χ2v) is 11.1. The summed E-state index contributed by atoms with van der Waals surface area (Å²) in [5.74, 6) is -6.14. The Morgan fingerprint density at radius 1 is 1.06 bits per heavy atom. The molecule has 1 amide bonds. The normalized spacial score (nSPS) is 16.7. The minimum Gasteiger partial charge on any atom is -0.460 e. The standard InChI is InChI=1S/C26H27Cl2F4NO3/c1-14(26(30,31)32)21(16-6-8-17(27)19(29)12-16)22(34)33-20-11-15(5-7-18(20)28)13-25(9-10-25)23(35)36-24(2,3)4/h5-8,11-12,14,21H,9-10,13H2,1-4H3,(H,33,34)/t14-,21+/m1/s1. The molecule has 1 fully saturated rings. The lowest BCUT2D eigenvalue weighted by atomic mass is 9.85. The third kappa shape index (κ3) is 6.71. The lowest BCUT2D eigenvalue weighted by molar-refractivity contribution is -0.178. The monoisotopic (exact) mass is 547 g/mol. The topological polar surface area (TPSA) is 55.4 Å². The first kappa shape index (κ1) is 28.3. The highest BCUT2D eigenvalue weighted by Gasteiger charge is 2.52. The number of anilines is 1. The van der Waals surface area contributed by atoms with Gasteiger partial charge in [-0.05, 0) is 75.4 Å². The molecule has 2 aromatic rings. The second-order valence-electron chi connectivity index (χ2n) is 10.2. The predicted octanol–water partition coefficient (Wildman–Crippen LogP) is 7.72. The molecule has 2 aromatic carbocycles. The van der Waals surface area contributed by atoms with E-state index in [0.29, 0.717) is 24.8 Å². The molecule has 196 valence electrons. The van der Waals surface area contributed by atoms with Gasteiger partial charge in [-0.15, -0.1) is 0 Å².